The number of hydrogen-bond donors (Lipinski definition) is 3. The highest BCUT2D eigenvalue weighted by Crippen LogP contribution is 2.24. The molecule has 3 aromatic carbocycles. The zero-order chi connectivity index (χ0) is 21.8. The molecule has 4 rings (SSSR count). The van der Waals surface area contributed by atoms with Crippen molar-refractivity contribution in [2.45, 2.75) is 6.42 Å². The van der Waals surface area contributed by atoms with Crippen LogP contribution in [-0.2, 0) is 6.42 Å². The first kappa shape index (κ1) is 20.1. The molecule has 1 amide bonds. The van der Waals surface area contributed by atoms with E-state index < -0.39 is 5.91 Å². The Kier molecular flexibility index (Phi) is 5.61. The van der Waals surface area contributed by atoms with E-state index in [4.69, 9.17) is 0 Å². The smallest absolute Gasteiger partial charge is 0.255 e. The van der Waals surface area contributed by atoms with Crippen molar-refractivity contribution < 1.29 is 19.4 Å². The van der Waals surface area contributed by atoms with Crippen LogP contribution in [0.15, 0.2) is 72.9 Å². The van der Waals surface area contributed by atoms with Crippen molar-refractivity contribution in [2.24, 2.45) is 0 Å². The Morgan fingerprint density at radius 2 is 1.84 bits per heavy atom. The number of aromatic nitrogens is 3. The van der Waals surface area contributed by atoms with E-state index in [0.29, 0.717) is 29.9 Å². The zero-order valence-corrected chi connectivity index (χ0v) is 16.4. The maximum atomic E-state index is 13.0. The molecule has 0 saturated heterocycles. The normalized spacial score (nSPS) is 10.7. The molecule has 1 heterocycles. The molecule has 0 aliphatic carbocycles. The first-order valence-electron chi connectivity index (χ1n) is 9.57. The van der Waals surface area contributed by atoms with Gasteiger partial charge < -0.3 is 15.5 Å². The summed E-state index contributed by atoms with van der Waals surface area (Å²) in [5, 5.41) is 30.7. The molecule has 31 heavy (non-hydrogen) atoms. The van der Waals surface area contributed by atoms with E-state index in [1.165, 1.54) is 28.9 Å². The molecule has 0 spiro atoms. The number of carbonyl (C=O) groups is 1. The summed E-state index contributed by atoms with van der Waals surface area (Å²) < 4.78 is 14.5. The van der Waals surface area contributed by atoms with Gasteiger partial charge in [-0.3, -0.25) is 4.79 Å². The van der Waals surface area contributed by atoms with E-state index in [1.54, 1.807) is 48.7 Å². The highest BCUT2D eigenvalue weighted by molar-refractivity contribution is 5.97. The quantitative estimate of drug-likeness (QED) is 0.445. The maximum Gasteiger partial charge on any atom is 0.255 e. The summed E-state index contributed by atoms with van der Waals surface area (Å²) in [6.45, 7) is 0.332. The van der Waals surface area contributed by atoms with Gasteiger partial charge in [-0.05, 0) is 54.4 Å². The fourth-order valence-corrected chi connectivity index (χ4v) is 3.10. The van der Waals surface area contributed by atoms with Crippen molar-refractivity contribution in [3.8, 4) is 28.4 Å². The first-order chi connectivity index (χ1) is 15.0. The van der Waals surface area contributed by atoms with Gasteiger partial charge in [0, 0.05) is 12.1 Å². The third kappa shape index (κ3) is 4.69. The van der Waals surface area contributed by atoms with E-state index in [9.17, 15) is 19.4 Å². The lowest BCUT2D eigenvalue weighted by Gasteiger charge is -2.09. The SMILES string of the molecule is O=C(NCCc1ccc(F)cc1)c1cc(-n2cc(-c3cccc(O)c3)nn2)ccc1O. The molecular formula is C23H19FN4O3. The predicted octanol–water partition coefficient (Wildman–Crippen LogP) is 3.46. The van der Waals surface area contributed by atoms with Crippen LogP contribution in [0, 0.1) is 5.82 Å². The Balaban J connectivity index is 1.48. The summed E-state index contributed by atoms with van der Waals surface area (Å²) in [6, 6.07) is 17.3. The highest BCUT2D eigenvalue weighted by Gasteiger charge is 2.14. The van der Waals surface area contributed by atoms with Crippen molar-refractivity contribution in [3.63, 3.8) is 0 Å². The summed E-state index contributed by atoms with van der Waals surface area (Å²) in [7, 11) is 0. The van der Waals surface area contributed by atoms with Crippen LogP contribution < -0.4 is 5.32 Å². The first-order valence-corrected chi connectivity index (χ1v) is 9.57. The van der Waals surface area contributed by atoms with Gasteiger partial charge >= 0.3 is 0 Å². The number of carbonyl (C=O) groups excluding carboxylic acids is 1. The van der Waals surface area contributed by atoms with Gasteiger partial charge in [-0.15, -0.1) is 5.10 Å². The minimum Gasteiger partial charge on any atom is -0.508 e. The Bertz CT molecular complexity index is 1220. The summed E-state index contributed by atoms with van der Waals surface area (Å²) in [4.78, 5) is 12.6. The molecule has 0 radical (unpaired) electrons. The number of amides is 1. The topological polar surface area (TPSA) is 100 Å². The van der Waals surface area contributed by atoms with Crippen LogP contribution in [0.1, 0.15) is 15.9 Å². The summed E-state index contributed by atoms with van der Waals surface area (Å²) in [5.41, 5.74) is 2.78. The Hall–Kier alpha value is -4.20. The molecule has 0 atom stereocenters. The second kappa shape index (κ2) is 8.66. The fourth-order valence-electron chi connectivity index (χ4n) is 3.10. The van der Waals surface area contributed by atoms with Gasteiger partial charge in [0.25, 0.3) is 5.91 Å². The molecule has 1 aromatic heterocycles. The molecule has 3 N–H and O–H groups in total. The van der Waals surface area contributed by atoms with Gasteiger partial charge in [-0.2, -0.15) is 0 Å². The summed E-state index contributed by atoms with van der Waals surface area (Å²) in [5.74, 6) is -0.780. The minimum absolute atomic E-state index is 0.103. The van der Waals surface area contributed by atoms with Crippen LogP contribution in [-0.4, -0.2) is 37.7 Å². The Labute approximate surface area is 177 Å². The number of phenols is 2. The van der Waals surface area contributed by atoms with Crippen LogP contribution in [0.4, 0.5) is 4.39 Å². The van der Waals surface area contributed by atoms with Crippen LogP contribution in [0.2, 0.25) is 0 Å². The zero-order valence-electron chi connectivity index (χ0n) is 16.4. The monoisotopic (exact) mass is 418 g/mol. The van der Waals surface area contributed by atoms with E-state index in [2.05, 4.69) is 15.6 Å². The second-order valence-electron chi connectivity index (χ2n) is 6.93. The van der Waals surface area contributed by atoms with Gasteiger partial charge in [0.15, 0.2) is 0 Å². The molecule has 0 fully saturated rings. The third-order valence-electron chi connectivity index (χ3n) is 4.74. The van der Waals surface area contributed by atoms with Gasteiger partial charge in [0.2, 0.25) is 0 Å². The average molecular weight is 418 g/mol. The molecule has 4 aromatic rings. The third-order valence-corrected chi connectivity index (χ3v) is 4.74. The van der Waals surface area contributed by atoms with Crippen molar-refractivity contribution in [3.05, 3.63) is 89.9 Å². The lowest BCUT2D eigenvalue weighted by atomic mass is 10.1. The van der Waals surface area contributed by atoms with Crippen molar-refractivity contribution in [2.75, 3.05) is 6.54 Å². The summed E-state index contributed by atoms with van der Waals surface area (Å²) in [6.07, 6.45) is 2.19. The number of rotatable bonds is 6. The van der Waals surface area contributed by atoms with E-state index in [-0.39, 0.29) is 22.9 Å². The largest absolute Gasteiger partial charge is 0.508 e. The predicted molar refractivity (Wildman–Crippen MR) is 113 cm³/mol. The molecule has 0 aliphatic heterocycles. The fraction of sp³-hybridized carbons (Fsp3) is 0.0870. The van der Waals surface area contributed by atoms with E-state index >= 15 is 0 Å². The number of nitrogens with one attached hydrogen (secondary N) is 1. The molecule has 0 bridgehead atoms. The molecule has 8 heteroatoms. The number of benzene rings is 3. The lowest BCUT2D eigenvalue weighted by molar-refractivity contribution is 0.0951. The lowest BCUT2D eigenvalue weighted by Crippen LogP contribution is -2.26. The molecule has 156 valence electrons. The van der Waals surface area contributed by atoms with Gasteiger partial charge in [0.05, 0.1) is 17.4 Å². The average Bonchev–Trinajstić information content (AvgIpc) is 3.26. The Morgan fingerprint density at radius 1 is 1.03 bits per heavy atom. The van der Waals surface area contributed by atoms with Crippen molar-refractivity contribution >= 4 is 5.91 Å². The van der Waals surface area contributed by atoms with Gasteiger partial charge in [0.1, 0.15) is 23.0 Å². The molecule has 7 nitrogen and oxygen atoms in total. The molecule has 0 aliphatic rings. The van der Waals surface area contributed by atoms with Crippen molar-refractivity contribution in [1.82, 2.24) is 20.3 Å². The van der Waals surface area contributed by atoms with Crippen LogP contribution in [0.25, 0.3) is 16.9 Å². The number of nitrogens with zero attached hydrogens (tertiary/aromatic N) is 3. The number of hydrogen-bond acceptors (Lipinski definition) is 5. The van der Waals surface area contributed by atoms with Crippen LogP contribution in [0.5, 0.6) is 11.5 Å². The number of aromatic hydroxyl groups is 2. The van der Waals surface area contributed by atoms with Crippen molar-refractivity contribution in [1.29, 1.82) is 0 Å². The van der Waals surface area contributed by atoms with Gasteiger partial charge in [-0.1, -0.05) is 29.5 Å². The maximum absolute atomic E-state index is 13.0. The standard InChI is InChI=1S/C23H19FN4O3/c24-17-6-4-15(5-7-17)10-11-25-23(31)20-13-18(8-9-22(20)30)28-14-21(26-27-28)16-2-1-3-19(29)12-16/h1-9,12-14,29-30H,10-11H2,(H,25,31). The van der Waals surface area contributed by atoms with Gasteiger partial charge in [-0.25, -0.2) is 9.07 Å². The van der Waals surface area contributed by atoms with E-state index in [0.717, 1.165) is 5.56 Å². The Morgan fingerprint density at radius 3 is 2.61 bits per heavy atom. The molecular weight excluding hydrogens is 399 g/mol. The minimum atomic E-state index is -0.435. The van der Waals surface area contributed by atoms with Crippen LogP contribution >= 0.6 is 0 Å². The second-order valence-corrected chi connectivity index (χ2v) is 6.93. The van der Waals surface area contributed by atoms with E-state index in [1.807, 2.05) is 0 Å². The highest BCUT2D eigenvalue weighted by atomic mass is 19.1. The molecule has 0 saturated carbocycles. The summed E-state index contributed by atoms with van der Waals surface area (Å²) >= 11 is 0. The molecule has 0 unspecified atom stereocenters. The number of halogens is 1. The number of phenolic OH excluding ortho intramolecular Hbond substituents is 2. The van der Waals surface area contributed by atoms with Crippen LogP contribution in [0.3, 0.4) is 0 Å².